The number of hydrogen-bond donors (Lipinski definition) is 0. The number of alkyl halides is 5. The Hall–Kier alpha value is -6.38. The number of rotatable bonds is 11. The van der Waals surface area contributed by atoms with Crippen LogP contribution in [0.1, 0.15) is 76.1 Å². The summed E-state index contributed by atoms with van der Waals surface area (Å²) >= 11 is 0. The highest BCUT2D eigenvalue weighted by Crippen LogP contribution is 2.69. The Balaban J connectivity index is 1.06. The van der Waals surface area contributed by atoms with Crippen molar-refractivity contribution in [2.75, 3.05) is 50.3 Å². The zero-order valence-corrected chi connectivity index (χ0v) is 41.2. The first-order valence-electron chi connectivity index (χ1n) is 24.5. The van der Waals surface area contributed by atoms with Crippen LogP contribution in [0.25, 0.3) is 22.2 Å². The average Bonchev–Trinajstić information content (AvgIpc) is 3.58. The van der Waals surface area contributed by atoms with Crippen molar-refractivity contribution in [2.24, 2.45) is 5.41 Å². The number of hydrogen-bond acceptors (Lipinski definition) is 13. The van der Waals surface area contributed by atoms with E-state index in [1.54, 1.807) is 81.1 Å². The number of aromatic nitrogens is 4. The Morgan fingerprint density at radius 3 is 2.15 bits per heavy atom. The number of piperazine rings is 1. The maximum Gasteiger partial charge on any atom is 0.427 e. The van der Waals surface area contributed by atoms with E-state index in [0.29, 0.717) is 30.9 Å². The monoisotopic (exact) mass is 1020 g/mol. The molecule has 21 heteroatoms. The lowest BCUT2D eigenvalue weighted by Crippen LogP contribution is -2.68. The molecule has 5 aromatic rings. The first-order chi connectivity index (χ1) is 34.6. The quantitative estimate of drug-likeness (QED) is 0.117. The Morgan fingerprint density at radius 2 is 1.55 bits per heavy atom. The van der Waals surface area contributed by atoms with Crippen LogP contribution in [0.15, 0.2) is 54.6 Å². The van der Waals surface area contributed by atoms with Gasteiger partial charge in [-0.2, -0.15) is 23.1 Å². The van der Waals surface area contributed by atoms with Crippen molar-refractivity contribution >= 4 is 28.6 Å². The summed E-state index contributed by atoms with van der Waals surface area (Å²) in [5.41, 5.74) is -3.00. The van der Waals surface area contributed by atoms with Crippen LogP contribution in [0.3, 0.4) is 0 Å². The summed E-state index contributed by atoms with van der Waals surface area (Å²) in [6.45, 7) is 7.14. The number of fused-ring (bicyclic) bond motifs is 6. The number of amides is 1. The topological polar surface area (TPSA) is 128 Å². The van der Waals surface area contributed by atoms with Crippen molar-refractivity contribution in [1.82, 2.24) is 29.7 Å². The average molecular weight is 1020 g/mol. The molecular formula is C52H55F7N8O6. The van der Waals surface area contributed by atoms with E-state index in [1.807, 2.05) is 4.90 Å². The third-order valence-corrected chi connectivity index (χ3v) is 15.4. The van der Waals surface area contributed by atoms with Gasteiger partial charge < -0.3 is 33.5 Å². The van der Waals surface area contributed by atoms with Crippen molar-refractivity contribution in [2.45, 2.75) is 127 Å². The molecule has 0 N–H and O–H groups in total. The zero-order valence-electron chi connectivity index (χ0n) is 41.2. The number of ether oxygens (including phenoxy) is 5. The second-order valence-electron chi connectivity index (χ2n) is 21.4. The molecule has 0 radical (unpaired) electrons. The maximum atomic E-state index is 18.0. The number of aryl methyl sites for hydroxylation is 1. The predicted molar refractivity (Wildman–Crippen MR) is 253 cm³/mol. The molecule has 73 heavy (non-hydrogen) atoms. The Bertz CT molecular complexity index is 2930. The van der Waals surface area contributed by atoms with Crippen molar-refractivity contribution in [1.29, 1.82) is 0 Å². The fourth-order valence-corrected chi connectivity index (χ4v) is 12.0. The van der Waals surface area contributed by atoms with Crippen molar-refractivity contribution < 1.29 is 59.2 Å². The maximum absolute atomic E-state index is 18.0. The first-order valence-corrected chi connectivity index (χ1v) is 24.5. The van der Waals surface area contributed by atoms with Crippen molar-refractivity contribution in [3.8, 4) is 34.6 Å². The van der Waals surface area contributed by atoms with Crippen molar-refractivity contribution in [3.05, 3.63) is 83.1 Å². The third kappa shape index (κ3) is 8.51. The molecule has 1 aliphatic carbocycles. The molecule has 2 bridgehead atoms. The van der Waals surface area contributed by atoms with Gasteiger partial charge in [-0.05, 0) is 108 Å². The summed E-state index contributed by atoms with van der Waals surface area (Å²) in [6.07, 6.45) is -6.97. The minimum Gasteiger partial charge on any atom is -0.497 e. The molecule has 1 spiro atoms. The van der Waals surface area contributed by atoms with Gasteiger partial charge in [0.05, 0.1) is 43.3 Å². The normalized spacial score (nSPS) is 25.8. The van der Waals surface area contributed by atoms with Crippen LogP contribution >= 0.6 is 0 Å². The standard InChI is InChI=1S/C52H55F7N8O6/c1-28-20-34(37(53)44(60-28)64(21-29-8-13-32(69-5)14-9-29)22-30-10-15-33(70-6)16-11-30)39-38(54)40-36-43(63-46(62-40)71-27-50-18-7-19-65(50)26-49(24-50)25-51(49,55)56)66-23-31-12-17-35(67(31)47(68)73-48(2,3)4)41(66)42(52(57,58)59)72-45(36)61-39/h8-11,13-16,20,31,35,41-42H,7,12,17-19,21-27H2,1-6H3/t31-,35+,41+,42-,49?,50+/m1/s1. The summed E-state index contributed by atoms with van der Waals surface area (Å²) in [5.74, 6) is -5.00. The molecule has 1 saturated carbocycles. The van der Waals surface area contributed by atoms with Gasteiger partial charge in [0.1, 0.15) is 46.1 Å². The molecule has 6 aliphatic rings. The van der Waals surface area contributed by atoms with Gasteiger partial charge in [0.2, 0.25) is 12.0 Å². The molecule has 5 aliphatic heterocycles. The summed E-state index contributed by atoms with van der Waals surface area (Å²) in [4.78, 5) is 38.4. The summed E-state index contributed by atoms with van der Waals surface area (Å²) in [6, 6.07) is 11.6. The number of carbonyl (C=O) groups is 1. The molecule has 8 heterocycles. The van der Waals surface area contributed by atoms with Gasteiger partial charge >= 0.3 is 18.3 Å². The first kappa shape index (κ1) is 48.9. The fraction of sp³-hybridized carbons (Fsp3) is 0.519. The van der Waals surface area contributed by atoms with E-state index in [1.165, 1.54) is 30.1 Å². The summed E-state index contributed by atoms with van der Waals surface area (Å²) < 4.78 is 142. The van der Waals surface area contributed by atoms with Crippen LogP contribution in [0, 0.1) is 24.0 Å². The van der Waals surface area contributed by atoms with E-state index in [2.05, 4.69) is 15.0 Å². The SMILES string of the molecule is COc1ccc(CN(Cc2ccc(OC)cc2)c2nc(C)cc(-c3nc4c5c(nc(OC[C@@]67CCCN6CC6(CC6(F)F)C7)nc5c3F)N3C[C@H]5CC[C@@H]([C@H]3[C@H](C(F)(F)F)O4)N5C(=O)OC(C)(C)C)c2F)cc1. The van der Waals surface area contributed by atoms with Gasteiger partial charge in [-0.15, -0.1) is 0 Å². The van der Waals surface area contributed by atoms with Gasteiger partial charge in [0, 0.05) is 43.9 Å². The lowest BCUT2D eigenvalue weighted by Gasteiger charge is -2.48. The van der Waals surface area contributed by atoms with E-state index < -0.39 is 99.3 Å². The molecule has 388 valence electrons. The van der Waals surface area contributed by atoms with Gasteiger partial charge in [0.15, 0.2) is 17.5 Å². The molecule has 5 fully saturated rings. The van der Waals surface area contributed by atoms with Gasteiger partial charge in [0.25, 0.3) is 5.92 Å². The highest BCUT2D eigenvalue weighted by atomic mass is 19.4. The molecular weight excluding hydrogens is 966 g/mol. The number of halogens is 7. The summed E-state index contributed by atoms with van der Waals surface area (Å²) in [7, 11) is 3.07. The molecule has 11 rings (SSSR count). The molecule has 1 unspecified atom stereocenters. The van der Waals surface area contributed by atoms with Crippen molar-refractivity contribution in [3.63, 3.8) is 0 Å². The summed E-state index contributed by atoms with van der Waals surface area (Å²) in [5, 5.41) is -0.319. The van der Waals surface area contributed by atoms with E-state index in [0.717, 1.165) is 17.5 Å². The molecule has 3 aromatic heterocycles. The Morgan fingerprint density at radius 1 is 0.890 bits per heavy atom. The minimum absolute atomic E-state index is 0.104. The second-order valence-corrected chi connectivity index (χ2v) is 21.4. The molecule has 14 nitrogen and oxygen atoms in total. The van der Waals surface area contributed by atoms with E-state index in [4.69, 9.17) is 28.7 Å². The molecule has 2 aromatic carbocycles. The Labute approximate surface area is 416 Å². The second kappa shape index (κ2) is 17.4. The molecule has 6 atom stereocenters. The largest absolute Gasteiger partial charge is 0.497 e. The van der Waals surface area contributed by atoms with Crippen LogP contribution < -0.4 is 28.7 Å². The highest BCUT2D eigenvalue weighted by molar-refractivity contribution is 5.97. The van der Waals surface area contributed by atoms with Gasteiger partial charge in [-0.1, -0.05) is 24.3 Å². The van der Waals surface area contributed by atoms with Crippen LogP contribution in [-0.4, -0.2) is 124 Å². The van der Waals surface area contributed by atoms with Gasteiger partial charge in [-0.25, -0.2) is 32.3 Å². The number of carbonyl (C=O) groups excluding carboxylic acids is 1. The molecule has 4 saturated heterocycles. The van der Waals surface area contributed by atoms with Crippen LogP contribution in [0.5, 0.6) is 23.4 Å². The lowest BCUT2D eigenvalue weighted by molar-refractivity contribution is -0.206. The number of pyridine rings is 2. The smallest absolute Gasteiger partial charge is 0.427 e. The van der Waals surface area contributed by atoms with Crippen LogP contribution in [-0.2, 0) is 17.8 Å². The third-order valence-electron chi connectivity index (χ3n) is 15.4. The number of benzene rings is 2. The van der Waals surface area contributed by atoms with E-state index >= 15 is 22.0 Å². The van der Waals surface area contributed by atoms with E-state index in [-0.39, 0.29) is 74.8 Å². The predicted octanol–water partition coefficient (Wildman–Crippen LogP) is 9.82. The number of nitrogens with zero attached hydrogens (tertiary/aromatic N) is 8. The lowest BCUT2D eigenvalue weighted by atomic mass is 9.89. The highest BCUT2D eigenvalue weighted by Gasteiger charge is 2.77. The van der Waals surface area contributed by atoms with Crippen LogP contribution in [0.4, 0.5) is 47.2 Å². The zero-order chi connectivity index (χ0) is 51.6. The van der Waals surface area contributed by atoms with Gasteiger partial charge in [-0.3, -0.25) is 9.80 Å². The minimum atomic E-state index is -5.11. The molecule has 1 amide bonds. The number of anilines is 2. The fourth-order valence-electron chi connectivity index (χ4n) is 12.0. The Kier molecular flexibility index (Phi) is 11.6. The van der Waals surface area contributed by atoms with Crippen LogP contribution in [0.2, 0.25) is 0 Å². The van der Waals surface area contributed by atoms with E-state index in [9.17, 15) is 13.6 Å². The number of methoxy groups -OCH3 is 2.